The monoisotopic (exact) mass is 456 g/mol. The largest absolute Gasteiger partial charge is 0.478 e. The summed E-state index contributed by atoms with van der Waals surface area (Å²) in [5.41, 5.74) is 2.83. The maximum Gasteiger partial charge on any atom is 0.335 e. The van der Waals surface area contributed by atoms with Crippen LogP contribution >= 0.6 is 12.2 Å². The summed E-state index contributed by atoms with van der Waals surface area (Å²) >= 11 is 5.70. The second-order valence-corrected chi connectivity index (χ2v) is 8.08. The number of benzene rings is 1. The van der Waals surface area contributed by atoms with Crippen molar-refractivity contribution in [3.8, 4) is 11.3 Å². The van der Waals surface area contributed by atoms with Crippen LogP contribution in [-0.2, 0) is 6.54 Å². The van der Waals surface area contributed by atoms with Crippen molar-refractivity contribution >= 4 is 23.3 Å². The molecule has 3 aromatic heterocycles. The first-order chi connectivity index (χ1) is 16.1. The number of nitrogens with zero attached hydrogens (tertiary/aromatic N) is 3. The van der Waals surface area contributed by atoms with Crippen LogP contribution in [0.5, 0.6) is 0 Å². The van der Waals surface area contributed by atoms with Gasteiger partial charge in [-0.05, 0) is 66.3 Å². The Labute approximate surface area is 195 Å². The molecular formula is C25H20N4O3S. The average molecular weight is 457 g/mol. The number of carboxylic acids is 1. The van der Waals surface area contributed by atoms with Crippen LogP contribution in [0.25, 0.3) is 11.3 Å². The van der Waals surface area contributed by atoms with E-state index in [9.17, 15) is 9.90 Å². The summed E-state index contributed by atoms with van der Waals surface area (Å²) in [5, 5.41) is 13.3. The Bertz CT molecular complexity index is 1290. The van der Waals surface area contributed by atoms with E-state index in [-0.39, 0.29) is 17.6 Å². The van der Waals surface area contributed by atoms with Gasteiger partial charge in [-0.3, -0.25) is 9.97 Å². The summed E-state index contributed by atoms with van der Waals surface area (Å²) in [6, 6.07) is 19.7. The van der Waals surface area contributed by atoms with Crippen molar-refractivity contribution < 1.29 is 14.3 Å². The molecule has 1 fully saturated rings. The van der Waals surface area contributed by atoms with Gasteiger partial charge in [-0.25, -0.2) is 4.79 Å². The third-order valence-electron chi connectivity index (χ3n) is 5.61. The summed E-state index contributed by atoms with van der Waals surface area (Å²) in [5.74, 6) is 0.324. The standard InChI is InChI=1S/C25H20N4O3S/c30-24(31)18-5-3-4-17(14-18)20-7-8-21(32-20)23-22(19-6-1-2-11-27-19)28-25(33)29(23)15-16-9-12-26-13-10-16/h1-14,22-23H,15H2,(H,28,33)(H,30,31)/t22-,23+/m1/s1. The van der Waals surface area contributed by atoms with Crippen LogP contribution in [0.1, 0.15) is 39.5 Å². The average Bonchev–Trinajstić information content (AvgIpc) is 3.45. The summed E-state index contributed by atoms with van der Waals surface area (Å²) in [4.78, 5) is 22.1. The van der Waals surface area contributed by atoms with Crippen molar-refractivity contribution in [2.24, 2.45) is 0 Å². The zero-order valence-electron chi connectivity index (χ0n) is 17.5. The van der Waals surface area contributed by atoms with Crippen LogP contribution in [0.15, 0.2) is 89.7 Å². The molecule has 7 nitrogen and oxygen atoms in total. The summed E-state index contributed by atoms with van der Waals surface area (Å²) in [7, 11) is 0. The molecule has 1 aliphatic rings. The number of aromatic carboxylic acids is 1. The summed E-state index contributed by atoms with van der Waals surface area (Å²) in [6.45, 7) is 0.576. The maximum atomic E-state index is 11.4. The van der Waals surface area contributed by atoms with Gasteiger partial charge in [0.1, 0.15) is 17.6 Å². The molecule has 0 spiro atoms. The van der Waals surface area contributed by atoms with Gasteiger partial charge >= 0.3 is 5.97 Å². The zero-order chi connectivity index (χ0) is 22.8. The first-order valence-electron chi connectivity index (χ1n) is 10.4. The molecule has 5 rings (SSSR count). The molecule has 0 aliphatic carbocycles. The molecule has 2 atom stereocenters. The summed E-state index contributed by atoms with van der Waals surface area (Å²) < 4.78 is 6.28. The van der Waals surface area contributed by atoms with Gasteiger partial charge in [0.2, 0.25) is 0 Å². The van der Waals surface area contributed by atoms with E-state index >= 15 is 0 Å². The van der Waals surface area contributed by atoms with Gasteiger partial charge in [0.25, 0.3) is 0 Å². The van der Waals surface area contributed by atoms with Gasteiger partial charge < -0.3 is 19.7 Å². The Hall–Kier alpha value is -4.04. The van der Waals surface area contributed by atoms with Gasteiger partial charge in [0, 0.05) is 30.7 Å². The van der Waals surface area contributed by atoms with E-state index < -0.39 is 5.97 Å². The highest BCUT2D eigenvalue weighted by Gasteiger charge is 2.41. The maximum absolute atomic E-state index is 11.4. The minimum absolute atomic E-state index is 0.204. The van der Waals surface area contributed by atoms with Crippen LogP contribution < -0.4 is 5.32 Å². The number of furan rings is 1. The van der Waals surface area contributed by atoms with Crippen LogP contribution in [0.3, 0.4) is 0 Å². The lowest BCUT2D eigenvalue weighted by Gasteiger charge is -2.26. The predicted octanol–water partition coefficient (Wildman–Crippen LogP) is 4.61. The topological polar surface area (TPSA) is 91.5 Å². The molecule has 4 heterocycles. The van der Waals surface area contributed by atoms with Gasteiger partial charge in [-0.15, -0.1) is 0 Å². The highest BCUT2D eigenvalue weighted by Crippen LogP contribution is 2.41. The number of pyridine rings is 2. The SMILES string of the molecule is O=C(O)c1cccc(-c2ccc([C@H]3[C@@H](c4ccccn4)NC(=S)N3Cc3ccncc3)o2)c1. The van der Waals surface area contributed by atoms with E-state index in [1.807, 2.05) is 48.5 Å². The van der Waals surface area contributed by atoms with Crippen molar-refractivity contribution in [1.82, 2.24) is 20.2 Å². The van der Waals surface area contributed by atoms with Gasteiger partial charge in [-0.2, -0.15) is 0 Å². The molecule has 0 amide bonds. The fourth-order valence-corrected chi connectivity index (χ4v) is 4.35. The molecular weight excluding hydrogens is 436 g/mol. The van der Waals surface area contributed by atoms with Crippen molar-refractivity contribution in [3.05, 3.63) is 108 Å². The Morgan fingerprint density at radius 1 is 1.06 bits per heavy atom. The lowest BCUT2D eigenvalue weighted by atomic mass is 10.0. The third-order valence-corrected chi connectivity index (χ3v) is 5.96. The Morgan fingerprint density at radius 3 is 2.67 bits per heavy atom. The molecule has 2 N–H and O–H groups in total. The lowest BCUT2D eigenvalue weighted by Crippen LogP contribution is -2.29. The third kappa shape index (κ3) is 4.20. The molecule has 164 valence electrons. The van der Waals surface area contributed by atoms with E-state index in [1.54, 1.807) is 36.8 Å². The highest BCUT2D eigenvalue weighted by atomic mass is 32.1. The van der Waals surface area contributed by atoms with Gasteiger partial charge in [0.05, 0.1) is 17.3 Å². The molecule has 8 heteroatoms. The Kier molecular flexibility index (Phi) is 5.58. The Morgan fingerprint density at radius 2 is 1.91 bits per heavy atom. The zero-order valence-corrected chi connectivity index (χ0v) is 18.3. The van der Waals surface area contributed by atoms with E-state index in [0.717, 1.165) is 11.3 Å². The van der Waals surface area contributed by atoms with Gasteiger partial charge in [0.15, 0.2) is 5.11 Å². The number of nitrogens with one attached hydrogen (secondary N) is 1. The molecule has 0 radical (unpaired) electrons. The second kappa shape index (κ2) is 8.84. The minimum Gasteiger partial charge on any atom is -0.478 e. The van der Waals surface area contributed by atoms with Gasteiger partial charge in [-0.1, -0.05) is 18.2 Å². The van der Waals surface area contributed by atoms with E-state index in [0.29, 0.717) is 28.7 Å². The normalized spacial score (nSPS) is 17.7. The number of rotatable bonds is 6. The number of carbonyl (C=O) groups is 1. The lowest BCUT2D eigenvalue weighted by molar-refractivity contribution is 0.0697. The molecule has 0 unspecified atom stereocenters. The second-order valence-electron chi connectivity index (χ2n) is 7.70. The summed E-state index contributed by atoms with van der Waals surface area (Å²) in [6.07, 6.45) is 5.27. The smallest absolute Gasteiger partial charge is 0.335 e. The van der Waals surface area contributed by atoms with Crippen molar-refractivity contribution in [2.45, 2.75) is 18.6 Å². The number of thiocarbonyl (C=S) groups is 1. The predicted molar refractivity (Wildman–Crippen MR) is 126 cm³/mol. The fourth-order valence-electron chi connectivity index (χ4n) is 4.04. The molecule has 1 aromatic carbocycles. The Balaban J connectivity index is 1.53. The van der Waals surface area contributed by atoms with Crippen LogP contribution in [-0.4, -0.2) is 31.1 Å². The van der Waals surface area contributed by atoms with Crippen LogP contribution in [0.2, 0.25) is 0 Å². The number of carboxylic acid groups (broad SMARTS) is 1. The first-order valence-corrected chi connectivity index (χ1v) is 10.8. The molecule has 0 saturated carbocycles. The highest BCUT2D eigenvalue weighted by molar-refractivity contribution is 7.80. The first kappa shape index (κ1) is 20.8. The quantitative estimate of drug-likeness (QED) is 0.407. The number of hydrogen-bond donors (Lipinski definition) is 2. The molecule has 1 aliphatic heterocycles. The molecule has 4 aromatic rings. The number of aromatic nitrogens is 2. The fraction of sp³-hybridized carbons (Fsp3) is 0.120. The van der Waals surface area contributed by atoms with Crippen molar-refractivity contribution in [3.63, 3.8) is 0 Å². The van der Waals surface area contributed by atoms with Crippen LogP contribution in [0, 0.1) is 0 Å². The van der Waals surface area contributed by atoms with Crippen molar-refractivity contribution in [1.29, 1.82) is 0 Å². The minimum atomic E-state index is -0.979. The van der Waals surface area contributed by atoms with Crippen molar-refractivity contribution in [2.75, 3.05) is 0 Å². The molecule has 33 heavy (non-hydrogen) atoms. The van der Waals surface area contributed by atoms with E-state index in [1.165, 1.54) is 0 Å². The molecule has 1 saturated heterocycles. The number of hydrogen-bond acceptors (Lipinski definition) is 5. The van der Waals surface area contributed by atoms with E-state index in [4.69, 9.17) is 16.6 Å². The molecule has 0 bridgehead atoms. The van der Waals surface area contributed by atoms with Crippen LogP contribution in [0.4, 0.5) is 0 Å². The van der Waals surface area contributed by atoms with E-state index in [2.05, 4.69) is 20.2 Å².